The molecule has 0 spiro atoms. The summed E-state index contributed by atoms with van der Waals surface area (Å²) >= 11 is 0. The van der Waals surface area contributed by atoms with Gasteiger partial charge in [0.15, 0.2) is 0 Å². The number of benzene rings is 1. The Labute approximate surface area is 108 Å². The summed E-state index contributed by atoms with van der Waals surface area (Å²) in [6.45, 7) is 6.70. The standard InChI is InChI=1S/C14H20N2O2/c1-10-4-3-5-13(11(10)2)16-7-6-15-9-12(16)8-14(17)18/h3-5,12,15H,6-9H2,1-2H3,(H,17,18). The van der Waals surface area contributed by atoms with Crippen LogP contribution in [0.25, 0.3) is 0 Å². The van der Waals surface area contributed by atoms with Gasteiger partial charge in [-0.25, -0.2) is 0 Å². The molecule has 1 aliphatic rings. The summed E-state index contributed by atoms with van der Waals surface area (Å²) in [6.07, 6.45) is 0.181. The number of piperazine rings is 1. The molecule has 1 unspecified atom stereocenters. The summed E-state index contributed by atoms with van der Waals surface area (Å²) in [6, 6.07) is 6.25. The van der Waals surface area contributed by atoms with Crippen LogP contribution in [-0.4, -0.2) is 36.8 Å². The van der Waals surface area contributed by atoms with E-state index in [9.17, 15) is 4.79 Å². The molecule has 0 saturated carbocycles. The van der Waals surface area contributed by atoms with Gasteiger partial charge in [0.2, 0.25) is 0 Å². The number of anilines is 1. The topological polar surface area (TPSA) is 52.6 Å². The van der Waals surface area contributed by atoms with Crippen LogP contribution in [0.5, 0.6) is 0 Å². The van der Waals surface area contributed by atoms with Crippen LogP contribution >= 0.6 is 0 Å². The van der Waals surface area contributed by atoms with Gasteiger partial charge in [0, 0.05) is 25.3 Å². The quantitative estimate of drug-likeness (QED) is 0.852. The van der Waals surface area contributed by atoms with Crippen LogP contribution in [0, 0.1) is 13.8 Å². The van der Waals surface area contributed by atoms with Gasteiger partial charge in [0.25, 0.3) is 0 Å². The highest BCUT2D eigenvalue weighted by molar-refractivity contribution is 5.69. The third-order valence-corrected chi connectivity index (χ3v) is 3.65. The maximum absolute atomic E-state index is 10.9. The molecule has 0 amide bonds. The fourth-order valence-corrected chi connectivity index (χ4v) is 2.51. The molecular weight excluding hydrogens is 228 g/mol. The van der Waals surface area contributed by atoms with Crippen LogP contribution in [-0.2, 0) is 4.79 Å². The molecule has 98 valence electrons. The number of nitrogens with one attached hydrogen (secondary N) is 1. The van der Waals surface area contributed by atoms with Gasteiger partial charge < -0.3 is 15.3 Å². The summed E-state index contributed by atoms with van der Waals surface area (Å²) in [7, 11) is 0. The first-order valence-electron chi connectivity index (χ1n) is 6.35. The number of hydrogen-bond acceptors (Lipinski definition) is 3. The number of nitrogens with zero attached hydrogens (tertiary/aromatic N) is 1. The van der Waals surface area contributed by atoms with Crippen LogP contribution in [0.1, 0.15) is 17.5 Å². The first-order chi connectivity index (χ1) is 8.59. The maximum Gasteiger partial charge on any atom is 0.305 e. The summed E-state index contributed by atoms with van der Waals surface area (Å²) in [5, 5.41) is 12.3. The van der Waals surface area contributed by atoms with Gasteiger partial charge in [0.1, 0.15) is 0 Å². The lowest BCUT2D eigenvalue weighted by Gasteiger charge is -2.38. The number of hydrogen-bond donors (Lipinski definition) is 2. The third-order valence-electron chi connectivity index (χ3n) is 3.65. The average molecular weight is 248 g/mol. The second kappa shape index (κ2) is 5.40. The Bertz CT molecular complexity index is 445. The third kappa shape index (κ3) is 2.64. The van der Waals surface area contributed by atoms with Crippen molar-refractivity contribution in [2.75, 3.05) is 24.5 Å². The van der Waals surface area contributed by atoms with E-state index >= 15 is 0 Å². The van der Waals surface area contributed by atoms with Crippen molar-refractivity contribution in [3.63, 3.8) is 0 Å². The molecule has 1 atom stereocenters. The second-order valence-electron chi connectivity index (χ2n) is 4.87. The molecule has 1 heterocycles. The second-order valence-corrected chi connectivity index (χ2v) is 4.87. The Morgan fingerprint density at radius 2 is 2.28 bits per heavy atom. The lowest BCUT2D eigenvalue weighted by molar-refractivity contribution is -0.137. The SMILES string of the molecule is Cc1cccc(N2CCNCC2CC(=O)O)c1C. The fourth-order valence-electron chi connectivity index (χ4n) is 2.51. The zero-order valence-electron chi connectivity index (χ0n) is 10.9. The van der Waals surface area contributed by atoms with E-state index in [1.807, 2.05) is 6.07 Å². The Balaban J connectivity index is 2.27. The number of carbonyl (C=O) groups is 1. The molecule has 1 saturated heterocycles. The lowest BCUT2D eigenvalue weighted by Crippen LogP contribution is -2.52. The maximum atomic E-state index is 10.9. The molecular formula is C14H20N2O2. The van der Waals surface area contributed by atoms with Crippen molar-refractivity contribution < 1.29 is 9.90 Å². The molecule has 0 radical (unpaired) electrons. The smallest absolute Gasteiger partial charge is 0.305 e. The fraction of sp³-hybridized carbons (Fsp3) is 0.500. The molecule has 2 N–H and O–H groups in total. The van der Waals surface area contributed by atoms with Crippen LogP contribution < -0.4 is 10.2 Å². The number of carboxylic acid groups (broad SMARTS) is 1. The van der Waals surface area contributed by atoms with E-state index in [1.165, 1.54) is 16.8 Å². The number of aliphatic carboxylic acids is 1. The highest BCUT2D eigenvalue weighted by Gasteiger charge is 2.25. The lowest BCUT2D eigenvalue weighted by atomic mass is 10.0. The van der Waals surface area contributed by atoms with Gasteiger partial charge in [-0.2, -0.15) is 0 Å². The minimum absolute atomic E-state index is 0.0387. The van der Waals surface area contributed by atoms with E-state index in [0.717, 1.165) is 19.6 Å². The van der Waals surface area contributed by atoms with Gasteiger partial charge in [-0.1, -0.05) is 12.1 Å². The minimum atomic E-state index is -0.737. The van der Waals surface area contributed by atoms with Crippen molar-refractivity contribution >= 4 is 11.7 Å². The average Bonchev–Trinajstić information content (AvgIpc) is 2.33. The van der Waals surface area contributed by atoms with Crippen molar-refractivity contribution in [2.45, 2.75) is 26.3 Å². The number of rotatable bonds is 3. The van der Waals surface area contributed by atoms with E-state index in [1.54, 1.807) is 0 Å². The van der Waals surface area contributed by atoms with Gasteiger partial charge in [-0.3, -0.25) is 4.79 Å². The van der Waals surface area contributed by atoms with Crippen molar-refractivity contribution in [2.24, 2.45) is 0 Å². The molecule has 0 aliphatic carbocycles. The minimum Gasteiger partial charge on any atom is -0.481 e. The van der Waals surface area contributed by atoms with E-state index < -0.39 is 5.97 Å². The van der Waals surface area contributed by atoms with Gasteiger partial charge in [-0.05, 0) is 31.0 Å². The van der Waals surface area contributed by atoms with Crippen molar-refractivity contribution in [1.82, 2.24) is 5.32 Å². The van der Waals surface area contributed by atoms with E-state index in [4.69, 9.17) is 5.11 Å². The Morgan fingerprint density at radius 1 is 1.50 bits per heavy atom. The number of carboxylic acids is 1. The molecule has 1 aliphatic heterocycles. The van der Waals surface area contributed by atoms with Crippen molar-refractivity contribution in [1.29, 1.82) is 0 Å². The van der Waals surface area contributed by atoms with E-state index in [0.29, 0.717) is 0 Å². The highest BCUT2D eigenvalue weighted by Crippen LogP contribution is 2.26. The Morgan fingerprint density at radius 3 is 3.00 bits per heavy atom. The summed E-state index contributed by atoms with van der Waals surface area (Å²) < 4.78 is 0. The molecule has 0 bridgehead atoms. The summed E-state index contributed by atoms with van der Waals surface area (Å²) in [4.78, 5) is 13.2. The predicted octanol–water partition coefficient (Wildman–Crippen LogP) is 1.56. The Hall–Kier alpha value is -1.55. The van der Waals surface area contributed by atoms with E-state index in [-0.39, 0.29) is 12.5 Å². The first kappa shape index (κ1) is 12.9. The number of aryl methyl sites for hydroxylation is 1. The zero-order valence-corrected chi connectivity index (χ0v) is 10.9. The normalized spacial score (nSPS) is 19.9. The monoisotopic (exact) mass is 248 g/mol. The molecule has 4 heteroatoms. The van der Waals surface area contributed by atoms with Crippen molar-refractivity contribution in [3.05, 3.63) is 29.3 Å². The molecule has 2 rings (SSSR count). The highest BCUT2D eigenvalue weighted by atomic mass is 16.4. The van der Waals surface area contributed by atoms with Gasteiger partial charge >= 0.3 is 5.97 Å². The molecule has 4 nitrogen and oxygen atoms in total. The van der Waals surface area contributed by atoms with Crippen LogP contribution in [0.15, 0.2) is 18.2 Å². The van der Waals surface area contributed by atoms with Gasteiger partial charge in [0.05, 0.1) is 12.5 Å². The van der Waals surface area contributed by atoms with Crippen LogP contribution in [0.2, 0.25) is 0 Å². The first-order valence-corrected chi connectivity index (χ1v) is 6.35. The molecule has 1 aromatic rings. The molecule has 18 heavy (non-hydrogen) atoms. The molecule has 1 aromatic carbocycles. The molecule has 0 aromatic heterocycles. The predicted molar refractivity (Wildman–Crippen MR) is 72.2 cm³/mol. The Kier molecular flexibility index (Phi) is 3.87. The zero-order chi connectivity index (χ0) is 13.1. The largest absolute Gasteiger partial charge is 0.481 e. The van der Waals surface area contributed by atoms with Crippen LogP contribution in [0.3, 0.4) is 0 Å². The summed E-state index contributed by atoms with van der Waals surface area (Å²) in [5.41, 5.74) is 3.66. The van der Waals surface area contributed by atoms with Gasteiger partial charge in [-0.15, -0.1) is 0 Å². The van der Waals surface area contributed by atoms with Crippen molar-refractivity contribution in [3.8, 4) is 0 Å². The van der Waals surface area contributed by atoms with E-state index in [2.05, 4.69) is 36.2 Å². The molecule has 1 fully saturated rings. The summed E-state index contributed by atoms with van der Waals surface area (Å²) in [5.74, 6) is -0.737. The van der Waals surface area contributed by atoms with Crippen LogP contribution in [0.4, 0.5) is 5.69 Å².